The summed E-state index contributed by atoms with van der Waals surface area (Å²) in [5.41, 5.74) is 1.30. The normalized spacial score (nSPS) is 27.6. The van der Waals surface area contributed by atoms with Crippen LogP contribution in [0.25, 0.3) is 0 Å². The summed E-state index contributed by atoms with van der Waals surface area (Å²) in [6.45, 7) is 9.91. The summed E-state index contributed by atoms with van der Waals surface area (Å²) in [5, 5.41) is 4.24. The molecule has 20 heavy (non-hydrogen) atoms. The smallest absolute Gasteiger partial charge is 0.0721 e. The maximum atomic E-state index is 5.81. The maximum Gasteiger partial charge on any atom is 0.0721 e. The molecule has 1 aromatic rings. The van der Waals surface area contributed by atoms with Gasteiger partial charge < -0.3 is 4.74 Å². The van der Waals surface area contributed by atoms with Crippen LogP contribution in [0.2, 0.25) is 0 Å². The van der Waals surface area contributed by atoms with Crippen LogP contribution in [0.3, 0.4) is 0 Å². The highest BCUT2D eigenvalue weighted by Gasteiger charge is 2.36. The van der Waals surface area contributed by atoms with Gasteiger partial charge in [0.25, 0.3) is 0 Å². The van der Waals surface area contributed by atoms with E-state index < -0.39 is 0 Å². The zero-order valence-corrected chi connectivity index (χ0v) is 12.2. The minimum Gasteiger partial charge on any atom is -0.373 e. The largest absolute Gasteiger partial charge is 0.373 e. The number of fused-ring (bicyclic) bond motifs is 1. The fraction of sp³-hybridized carbons (Fsp3) is 0.667. The summed E-state index contributed by atoms with van der Waals surface area (Å²) >= 11 is 0. The van der Waals surface area contributed by atoms with Gasteiger partial charge in [0.15, 0.2) is 0 Å². The summed E-state index contributed by atoms with van der Waals surface area (Å²) in [7, 11) is 1.97. The number of nitrogens with zero attached hydrogens (tertiary/aromatic N) is 4. The lowest BCUT2D eigenvalue weighted by molar-refractivity contribution is 0.0758. The van der Waals surface area contributed by atoms with E-state index in [4.69, 9.17) is 4.74 Å². The average Bonchev–Trinajstić information content (AvgIpc) is 3.02. The van der Waals surface area contributed by atoms with Crippen molar-refractivity contribution in [3.8, 4) is 0 Å². The molecule has 5 nitrogen and oxygen atoms in total. The van der Waals surface area contributed by atoms with Gasteiger partial charge in [-0.25, -0.2) is 0 Å². The monoisotopic (exact) mass is 276 g/mol. The molecule has 2 atom stereocenters. The molecule has 1 aromatic heterocycles. The first-order chi connectivity index (χ1) is 9.74. The van der Waals surface area contributed by atoms with Gasteiger partial charge in [0.1, 0.15) is 0 Å². The second-order valence-corrected chi connectivity index (χ2v) is 5.89. The average molecular weight is 276 g/mol. The Bertz CT molecular complexity index is 458. The number of aromatic nitrogens is 2. The van der Waals surface area contributed by atoms with Gasteiger partial charge in [-0.2, -0.15) is 5.10 Å². The van der Waals surface area contributed by atoms with Crippen LogP contribution in [0.4, 0.5) is 0 Å². The van der Waals surface area contributed by atoms with Crippen LogP contribution in [0.15, 0.2) is 25.0 Å². The highest BCUT2D eigenvalue weighted by Crippen LogP contribution is 2.24. The zero-order chi connectivity index (χ0) is 13.9. The first kappa shape index (κ1) is 13.8. The summed E-state index contributed by atoms with van der Waals surface area (Å²) in [4.78, 5) is 5.11. The second kappa shape index (κ2) is 6.08. The summed E-state index contributed by atoms with van der Waals surface area (Å²) in [6.07, 6.45) is 7.45. The lowest BCUT2D eigenvalue weighted by atomic mass is 10.1. The molecule has 0 aromatic carbocycles. The summed E-state index contributed by atoms with van der Waals surface area (Å²) in [6, 6.07) is 0.648. The van der Waals surface area contributed by atoms with Gasteiger partial charge in [-0.3, -0.25) is 14.5 Å². The molecule has 0 radical (unpaired) electrons. The molecule has 110 valence electrons. The summed E-state index contributed by atoms with van der Waals surface area (Å²) in [5.74, 6) is 0. The Morgan fingerprint density at radius 2 is 2.35 bits per heavy atom. The summed E-state index contributed by atoms with van der Waals surface area (Å²) < 4.78 is 7.68. The van der Waals surface area contributed by atoms with E-state index in [-0.39, 0.29) is 0 Å². The fourth-order valence-corrected chi connectivity index (χ4v) is 3.34. The molecule has 5 heteroatoms. The van der Waals surface area contributed by atoms with Crippen LogP contribution >= 0.6 is 0 Å². The van der Waals surface area contributed by atoms with Crippen molar-refractivity contribution in [1.29, 1.82) is 0 Å². The minimum absolute atomic E-state index is 0.386. The van der Waals surface area contributed by atoms with Crippen molar-refractivity contribution in [3.05, 3.63) is 30.6 Å². The molecular weight excluding hydrogens is 252 g/mol. The molecule has 0 N–H and O–H groups in total. The lowest BCUT2D eigenvalue weighted by Gasteiger charge is -2.37. The standard InChI is InChI=1S/C15H24N4O/c1-3-6-20-15-7-14-11-18(4-5-19(14)12-15)10-13-8-16-17(2)9-13/h3,8-9,14-15H,1,4-7,10-12H2,2H3. The third-order valence-electron chi connectivity index (χ3n) is 4.28. The van der Waals surface area contributed by atoms with Crippen molar-refractivity contribution < 1.29 is 4.74 Å². The van der Waals surface area contributed by atoms with Crippen molar-refractivity contribution in [2.75, 3.05) is 32.8 Å². The second-order valence-electron chi connectivity index (χ2n) is 5.89. The van der Waals surface area contributed by atoms with E-state index in [9.17, 15) is 0 Å². The Morgan fingerprint density at radius 1 is 1.45 bits per heavy atom. The Kier molecular flexibility index (Phi) is 4.19. The lowest BCUT2D eigenvalue weighted by Crippen LogP contribution is -2.49. The number of hydrogen-bond acceptors (Lipinski definition) is 4. The van der Waals surface area contributed by atoms with E-state index in [2.05, 4.69) is 27.7 Å². The topological polar surface area (TPSA) is 33.5 Å². The van der Waals surface area contributed by atoms with Crippen molar-refractivity contribution >= 4 is 0 Å². The molecule has 0 amide bonds. The van der Waals surface area contributed by atoms with Crippen molar-refractivity contribution in [2.24, 2.45) is 7.05 Å². The Morgan fingerprint density at radius 3 is 3.10 bits per heavy atom. The number of rotatable bonds is 5. The van der Waals surface area contributed by atoms with Crippen LogP contribution in [0.5, 0.6) is 0 Å². The molecule has 0 spiro atoms. The predicted octanol–water partition coefficient (Wildman–Crippen LogP) is 0.881. The van der Waals surface area contributed by atoms with Crippen molar-refractivity contribution in [3.63, 3.8) is 0 Å². The SMILES string of the molecule is C=CCOC1CC2CN(Cc3cnn(C)c3)CCN2C1. The van der Waals surface area contributed by atoms with E-state index in [1.807, 2.05) is 24.0 Å². The molecule has 0 aliphatic carbocycles. The number of ether oxygens (including phenoxy) is 1. The first-order valence-corrected chi connectivity index (χ1v) is 7.41. The quantitative estimate of drug-likeness (QED) is 0.748. The number of aryl methyl sites for hydroxylation is 1. The number of piperazine rings is 1. The van der Waals surface area contributed by atoms with Crippen molar-refractivity contribution in [1.82, 2.24) is 19.6 Å². The zero-order valence-electron chi connectivity index (χ0n) is 12.2. The molecule has 3 rings (SSSR count). The van der Waals surface area contributed by atoms with Gasteiger partial charge in [0.05, 0.1) is 18.9 Å². The van der Waals surface area contributed by atoms with Gasteiger partial charge in [-0.05, 0) is 6.42 Å². The highest BCUT2D eigenvalue weighted by atomic mass is 16.5. The third-order valence-corrected chi connectivity index (χ3v) is 4.28. The molecule has 0 bridgehead atoms. The van der Waals surface area contributed by atoms with E-state index in [0.29, 0.717) is 18.8 Å². The molecule has 2 aliphatic heterocycles. The van der Waals surface area contributed by atoms with E-state index in [1.54, 1.807) is 0 Å². The van der Waals surface area contributed by atoms with Gasteiger partial charge in [0, 0.05) is 57.6 Å². The van der Waals surface area contributed by atoms with Gasteiger partial charge >= 0.3 is 0 Å². The molecule has 2 unspecified atom stereocenters. The van der Waals surface area contributed by atoms with Crippen LogP contribution in [0, 0.1) is 0 Å². The molecule has 3 heterocycles. The van der Waals surface area contributed by atoms with Crippen LogP contribution < -0.4 is 0 Å². The predicted molar refractivity (Wildman–Crippen MR) is 78.4 cm³/mol. The van der Waals surface area contributed by atoms with Crippen LogP contribution in [0.1, 0.15) is 12.0 Å². The Labute approximate surface area is 120 Å². The van der Waals surface area contributed by atoms with Crippen LogP contribution in [-0.4, -0.2) is 64.5 Å². The van der Waals surface area contributed by atoms with Gasteiger partial charge in [0.2, 0.25) is 0 Å². The number of hydrogen-bond donors (Lipinski definition) is 0. The van der Waals surface area contributed by atoms with Gasteiger partial charge in [-0.1, -0.05) is 6.08 Å². The van der Waals surface area contributed by atoms with Crippen LogP contribution in [-0.2, 0) is 18.3 Å². The van der Waals surface area contributed by atoms with Crippen molar-refractivity contribution in [2.45, 2.75) is 25.1 Å². The van der Waals surface area contributed by atoms with E-state index in [1.165, 1.54) is 5.56 Å². The molecule has 2 aliphatic rings. The molecular formula is C15H24N4O. The van der Waals surface area contributed by atoms with E-state index in [0.717, 1.165) is 39.1 Å². The molecule has 2 fully saturated rings. The highest BCUT2D eigenvalue weighted by molar-refractivity contribution is 5.04. The minimum atomic E-state index is 0.386. The van der Waals surface area contributed by atoms with Gasteiger partial charge in [-0.15, -0.1) is 6.58 Å². The molecule has 2 saturated heterocycles. The first-order valence-electron chi connectivity index (χ1n) is 7.41. The molecule has 0 saturated carbocycles. The fourth-order valence-electron chi connectivity index (χ4n) is 3.34. The third kappa shape index (κ3) is 3.11. The Balaban J connectivity index is 1.52. The van der Waals surface area contributed by atoms with E-state index >= 15 is 0 Å². The maximum absolute atomic E-state index is 5.81. The Hall–Kier alpha value is -1.17.